The Morgan fingerprint density at radius 2 is 2.22 bits per heavy atom. The normalized spacial score (nSPS) is 10.5. The molecule has 0 heterocycles. The van der Waals surface area contributed by atoms with Gasteiger partial charge in [-0.15, -0.1) is 0 Å². The molecular formula is C13H19ClN2O2. The number of hydrogen-bond acceptors (Lipinski definition) is 3. The molecule has 0 aliphatic carbocycles. The van der Waals surface area contributed by atoms with Crippen LogP contribution in [0.15, 0.2) is 18.2 Å². The Balaban J connectivity index is 2.81. The van der Waals surface area contributed by atoms with E-state index in [1.165, 1.54) is 0 Å². The molecule has 0 saturated heterocycles. The molecule has 0 fully saturated rings. The van der Waals surface area contributed by atoms with Gasteiger partial charge in [0.25, 0.3) is 0 Å². The summed E-state index contributed by atoms with van der Waals surface area (Å²) in [5.74, 6) is 0.423. The zero-order valence-corrected chi connectivity index (χ0v) is 11.5. The van der Waals surface area contributed by atoms with Crippen LogP contribution in [-0.4, -0.2) is 18.6 Å². The van der Waals surface area contributed by atoms with E-state index in [-0.39, 0.29) is 12.0 Å². The summed E-state index contributed by atoms with van der Waals surface area (Å²) >= 11 is 6.06. The number of carbonyl (C=O) groups is 1. The second kappa shape index (κ2) is 7.24. The smallest absolute Gasteiger partial charge is 0.224 e. The van der Waals surface area contributed by atoms with E-state index in [1.54, 1.807) is 18.2 Å². The summed E-state index contributed by atoms with van der Waals surface area (Å²) in [5, 5.41) is 3.27. The average Bonchev–Trinajstić information content (AvgIpc) is 2.30. The summed E-state index contributed by atoms with van der Waals surface area (Å²) in [7, 11) is 0. The Kier molecular flexibility index (Phi) is 5.95. The van der Waals surface area contributed by atoms with E-state index in [4.69, 9.17) is 22.1 Å². The van der Waals surface area contributed by atoms with Crippen molar-refractivity contribution >= 4 is 23.2 Å². The molecule has 0 unspecified atom stereocenters. The average molecular weight is 271 g/mol. The summed E-state index contributed by atoms with van der Waals surface area (Å²) < 4.78 is 5.61. The molecule has 1 aromatic carbocycles. The van der Waals surface area contributed by atoms with Gasteiger partial charge in [-0.25, -0.2) is 0 Å². The van der Waals surface area contributed by atoms with Gasteiger partial charge in [-0.05, 0) is 38.9 Å². The van der Waals surface area contributed by atoms with E-state index < -0.39 is 0 Å². The number of carbonyl (C=O) groups excluding carboxylic acids is 1. The third-order valence-corrected chi connectivity index (χ3v) is 2.50. The highest BCUT2D eigenvalue weighted by atomic mass is 35.5. The van der Waals surface area contributed by atoms with Crippen LogP contribution in [0.1, 0.15) is 26.7 Å². The lowest BCUT2D eigenvalue weighted by atomic mass is 10.2. The molecule has 4 nitrogen and oxygen atoms in total. The van der Waals surface area contributed by atoms with Crippen molar-refractivity contribution in [3.63, 3.8) is 0 Å². The summed E-state index contributed by atoms with van der Waals surface area (Å²) in [6, 6.07) is 5.27. The third-order valence-electron chi connectivity index (χ3n) is 2.20. The van der Waals surface area contributed by atoms with Gasteiger partial charge in [-0.3, -0.25) is 4.79 Å². The quantitative estimate of drug-likeness (QED) is 0.835. The maximum Gasteiger partial charge on any atom is 0.224 e. The highest BCUT2D eigenvalue weighted by molar-refractivity contribution is 6.32. The number of anilines is 1. The molecule has 0 atom stereocenters. The number of nitrogens with two attached hydrogens (primary N) is 1. The second-order valence-electron chi connectivity index (χ2n) is 4.22. The van der Waals surface area contributed by atoms with Crippen molar-refractivity contribution in [1.82, 2.24) is 0 Å². The largest absolute Gasteiger partial charge is 0.487 e. The number of para-hydroxylation sites is 1. The van der Waals surface area contributed by atoms with Gasteiger partial charge in [0.15, 0.2) is 5.75 Å². The lowest BCUT2D eigenvalue weighted by Gasteiger charge is -2.16. The number of halogens is 1. The summed E-state index contributed by atoms with van der Waals surface area (Å²) in [6.07, 6.45) is 1.04. The van der Waals surface area contributed by atoms with Crippen LogP contribution in [0.2, 0.25) is 5.02 Å². The monoisotopic (exact) mass is 270 g/mol. The Morgan fingerprint density at radius 1 is 1.50 bits per heavy atom. The van der Waals surface area contributed by atoms with Crippen molar-refractivity contribution in [2.24, 2.45) is 5.73 Å². The van der Waals surface area contributed by atoms with Crippen LogP contribution in [0.5, 0.6) is 5.75 Å². The standard InChI is InChI=1S/C13H19ClN2O2/c1-9(2)18-13-10(14)5-3-6-11(13)16-12(17)7-4-8-15/h3,5-6,9H,4,7-8,15H2,1-2H3,(H,16,17). The zero-order valence-electron chi connectivity index (χ0n) is 10.7. The van der Waals surface area contributed by atoms with Crippen molar-refractivity contribution < 1.29 is 9.53 Å². The van der Waals surface area contributed by atoms with Crippen LogP contribution in [0, 0.1) is 0 Å². The van der Waals surface area contributed by atoms with Crippen molar-refractivity contribution in [2.45, 2.75) is 32.8 Å². The molecule has 0 aliphatic heterocycles. The maximum atomic E-state index is 11.7. The van der Waals surface area contributed by atoms with Crippen LogP contribution in [0.25, 0.3) is 0 Å². The molecule has 1 amide bonds. The van der Waals surface area contributed by atoms with E-state index >= 15 is 0 Å². The first kappa shape index (κ1) is 14.8. The first-order chi connectivity index (χ1) is 8.54. The molecule has 0 bridgehead atoms. The summed E-state index contributed by atoms with van der Waals surface area (Å²) in [5.41, 5.74) is 5.96. The van der Waals surface area contributed by atoms with E-state index in [9.17, 15) is 4.79 Å². The number of nitrogens with one attached hydrogen (secondary N) is 1. The van der Waals surface area contributed by atoms with E-state index in [0.29, 0.717) is 35.8 Å². The van der Waals surface area contributed by atoms with Crippen LogP contribution in [-0.2, 0) is 4.79 Å². The van der Waals surface area contributed by atoms with E-state index in [2.05, 4.69) is 5.32 Å². The van der Waals surface area contributed by atoms with Crippen molar-refractivity contribution in [1.29, 1.82) is 0 Å². The van der Waals surface area contributed by atoms with Gasteiger partial charge in [0.2, 0.25) is 5.91 Å². The van der Waals surface area contributed by atoms with E-state index in [0.717, 1.165) is 0 Å². The Morgan fingerprint density at radius 3 is 2.83 bits per heavy atom. The number of ether oxygens (including phenoxy) is 1. The number of hydrogen-bond donors (Lipinski definition) is 2. The van der Waals surface area contributed by atoms with Gasteiger partial charge in [0.1, 0.15) is 0 Å². The first-order valence-corrected chi connectivity index (χ1v) is 6.37. The van der Waals surface area contributed by atoms with Gasteiger partial charge in [0.05, 0.1) is 16.8 Å². The predicted octanol–water partition coefficient (Wildman–Crippen LogP) is 2.80. The zero-order chi connectivity index (χ0) is 13.5. The molecule has 0 aliphatic rings. The minimum atomic E-state index is -0.0867. The fourth-order valence-corrected chi connectivity index (χ4v) is 1.66. The minimum Gasteiger partial charge on any atom is -0.487 e. The molecule has 0 radical (unpaired) electrons. The first-order valence-electron chi connectivity index (χ1n) is 5.99. The molecular weight excluding hydrogens is 252 g/mol. The van der Waals surface area contributed by atoms with E-state index in [1.807, 2.05) is 13.8 Å². The molecule has 3 N–H and O–H groups in total. The second-order valence-corrected chi connectivity index (χ2v) is 4.63. The Labute approximate surface area is 112 Å². The maximum absolute atomic E-state index is 11.7. The molecule has 18 heavy (non-hydrogen) atoms. The fraction of sp³-hybridized carbons (Fsp3) is 0.462. The Hall–Kier alpha value is -1.26. The summed E-state index contributed by atoms with van der Waals surface area (Å²) in [6.45, 7) is 4.31. The SMILES string of the molecule is CC(C)Oc1c(Cl)cccc1NC(=O)CCCN. The van der Waals surface area contributed by atoms with Crippen LogP contribution in [0.3, 0.4) is 0 Å². The van der Waals surface area contributed by atoms with Crippen LogP contribution in [0.4, 0.5) is 5.69 Å². The molecule has 0 spiro atoms. The highest BCUT2D eigenvalue weighted by Gasteiger charge is 2.12. The highest BCUT2D eigenvalue weighted by Crippen LogP contribution is 2.33. The van der Waals surface area contributed by atoms with Gasteiger partial charge in [0, 0.05) is 6.42 Å². The number of amides is 1. The lowest BCUT2D eigenvalue weighted by molar-refractivity contribution is -0.116. The Bertz CT molecular complexity index is 408. The van der Waals surface area contributed by atoms with Crippen LogP contribution < -0.4 is 15.8 Å². The lowest BCUT2D eigenvalue weighted by Crippen LogP contribution is -2.15. The van der Waals surface area contributed by atoms with Gasteiger partial charge in [-0.2, -0.15) is 0 Å². The van der Waals surface area contributed by atoms with Crippen LogP contribution >= 0.6 is 11.6 Å². The molecule has 1 aromatic rings. The summed E-state index contributed by atoms with van der Waals surface area (Å²) in [4.78, 5) is 11.7. The van der Waals surface area contributed by atoms with Crippen molar-refractivity contribution in [2.75, 3.05) is 11.9 Å². The van der Waals surface area contributed by atoms with Gasteiger partial charge >= 0.3 is 0 Å². The molecule has 100 valence electrons. The fourth-order valence-electron chi connectivity index (χ4n) is 1.44. The molecule has 5 heteroatoms. The van der Waals surface area contributed by atoms with Gasteiger partial charge in [-0.1, -0.05) is 17.7 Å². The molecule has 0 saturated carbocycles. The minimum absolute atomic E-state index is 0.00964. The number of benzene rings is 1. The number of rotatable bonds is 6. The third kappa shape index (κ3) is 4.55. The van der Waals surface area contributed by atoms with Gasteiger partial charge < -0.3 is 15.8 Å². The topological polar surface area (TPSA) is 64.3 Å². The van der Waals surface area contributed by atoms with Crippen molar-refractivity contribution in [3.8, 4) is 5.75 Å². The molecule has 1 rings (SSSR count). The molecule has 0 aromatic heterocycles. The predicted molar refractivity (Wildman–Crippen MR) is 74.1 cm³/mol. The van der Waals surface area contributed by atoms with Crippen molar-refractivity contribution in [3.05, 3.63) is 23.2 Å².